The van der Waals surface area contributed by atoms with E-state index < -0.39 is 0 Å². The van der Waals surface area contributed by atoms with Crippen LogP contribution in [0.25, 0.3) is 0 Å². The van der Waals surface area contributed by atoms with Crippen molar-refractivity contribution in [2.45, 2.75) is 31.7 Å². The normalized spacial score (nSPS) is 16.7. The van der Waals surface area contributed by atoms with E-state index in [0.29, 0.717) is 0 Å². The van der Waals surface area contributed by atoms with Gasteiger partial charge >= 0.3 is 0 Å². The first-order chi connectivity index (χ1) is 7.79. The molecule has 1 aliphatic carbocycles. The predicted octanol–water partition coefficient (Wildman–Crippen LogP) is 0.776. The van der Waals surface area contributed by atoms with Gasteiger partial charge < -0.3 is 5.73 Å². The topological polar surface area (TPSA) is 47.1 Å². The molecule has 0 aromatic carbocycles. The van der Waals surface area contributed by atoms with Gasteiger partial charge in [0.1, 0.15) is 0 Å². The zero-order valence-electron chi connectivity index (χ0n) is 10.1. The Hall–Kier alpha value is -0.870. The fourth-order valence-corrected chi connectivity index (χ4v) is 2.27. The number of aromatic nitrogens is 2. The molecule has 0 bridgehead atoms. The summed E-state index contributed by atoms with van der Waals surface area (Å²) in [6, 6.07) is 0.792. The summed E-state index contributed by atoms with van der Waals surface area (Å²) in [6.07, 6.45) is 9.24. The molecule has 0 spiro atoms. The van der Waals surface area contributed by atoms with Gasteiger partial charge in [-0.25, -0.2) is 0 Å². The molecule has 0 amide bonds. The molecule has 4 nitrogen and oxygen atoms in total. The number of hydrogen-bond acceptors (Lipinski definition) is 3. The molecule has 1 fully saturated rings. The lowest BCUT2D eigenvalue weighted by Gasteiger charge is -2.37. The largest absolute Gasteiger partial charge is 0.329 e. The molecule has 0 aliphatic heterocycles. The zero-order chi connectivity index (χ0) is 11.4. The van der Waals surface area contributed by atoms with Gasteiger partial charge in [0.2, 0.25) is 0 Å². The van der Waals surface area contributed by atoms with E-state index in [4.69, 9.17) is 5.73 Å². The van der Waals surface area contributed by atoms with Gasteiger partial charge in [0.05, 0.1) is 6.20 Å². The first-order valence-corrected chi connectivity index (χ1v) is 6.21. The lowest BCUT2D eigenvalue weighted by molar-refractivity contribution is 0.132. The SMILES string of the molecule is Cn1cc(CCN(CCN)C2CCC2)cn1. The second-order valence-corrected chi connectivity index (χ2v) is 4.68. The molecular formula is C12H22N4. The number of hydrogen-bond donors (Lipinski definition) is 1. The third-order valence-corrected chi connectivity index (χ3v) is 3.45. The highest BCUT2D eigenvalue weighted by Gasteiger charge is 2.23. The van der Waals surface area contributed by atoms with E-state index >= 15 is 0 Å². The molecule has 2 N–H and O–H groups in total. The fourth-order valence-electron chi connectivity index (χ4n) is 2.27. The molecule has 1 aromatic rings. The molecule has 1 saturated carbocycles. The van der Waals surface area contributed by atoms with E-state index in [0.717, 1.165) is 32.1 Å². The number of aryl methyl sites for hydroxylation is 1. The molecule has 16 heavy (non-hydrogen) atoms. The minimum Gasteiger partial charge on any atom is -0.329 e. The zero-order valence-corrected chi connectivity index (χ0v) is 10.1. The summed E-state index contributed by atoms with van der Waals surface area (Å²) >= 11 is 0. The molecular weight excluding hydrogens is 200 g/mol. The lowest BCUT2D eigenvalue weighted by Crippen LogP contribution is -2.43. The van der Waals surface area contributed by atoms with Crippen LogP contribution in [0.3, 0.4) is 0 Å². The second-order valence-electron chi connectivity index (χ2n) is 4.68. The Labute approximate surface area is 97.4 Å². The highest BCUT2D eigenvalue weighted by Crippen LogP contribution is 2.24. The summed E-state index contributed by atoms with van der Waals surface area (Å²) in [5.74, 6) is 0. The summed E-state index contributed by atoms with van der Waals surface area (Å²) in [5, 5.41) is 4.19. The molecule has 90 valence electrons. The fraction of sp³-hybridized carbons (Fsp3) is 0.750. The summed E-state index contributed by atoms with van der Waals surface area (Å²) in [4.78, 5) is 2.54. The number of rotatable bonds is 6. The Morgan fingerprint density at radius 3 is 2.81 bits per heavy atom. The van der Waals surface area contributed by atoms with Crippen LogP contribution in [0.4, 0.5) is 0 Å². The van der Waals surface area contributed by atoms with Crippen molar-refractivity contribution in [2.24, 2.45) is 12.8 Å². The smallest absolute Gasteiger partial charge is 0.0522 e. The molecule has 0 atom stereocenters. The quantitative estimate of drug-likeness (QED) is 0.773. The monoisotopic (exact) mass is 222 g/mol. The molecule has 4 heteroatoms. The van der Waals surface area contributed by atoms with Crippen LogP contribution in [-0.2, 0) is 13.5 Å². The maximum atomic E-state index is 5.66. The molecule has 0 unspecified atom stereocenters. The minimum absolute atomic E-state index is 0.767. The summed E-state index contributed by atoms with van der Waals surface area (Å²) in [6.45, 7) is 2.92. The maximum absolute atomic E-state index is 5.66. The van der Waals surface area contributed by atoms with Crippen molar-refractivity contribution in [1.82, 2.24) is 14.7 Å². The number of nitrogens with zero attached hydrogens (tertiary/aromatic N) is 3. The third-order valence-electron chi connectivity index (χ3n) is 3.45. The summed E-state index contributed by atoms with van der Waals surface area (Å²) in [5.41, 5.74) is 6.98. The summed E-state index contributed by atoms with van der Waals surface area (Å²) in [7, 11) is 1.97. The van der Waals surface area contributed by atoms with Gasteiger partial charge in [-0.15, -0.1) is 0 Å². The second kappa shape index (κ2) is 5.46. The van der Waals surface area contributed by atoms with E-state index in [1.807, 2.05) is 17.9 Å². The molecule has 2 rings (SSSR count). The van der Waals surface area contributed by atoms with E-state index in [1.165, 1.54) is 24.8 Å². The van der Waals surface area contributed by atoms with Crippen molar-refractivity contribution in [3.05, 3.63) is 18.0 Å². The van der Waals surface area contributed by atoms with Crippen LogP contribution < -0.4 is 5.73 Å². The Bertz CT molecular complexity index is 317. The lowest BCUT2D eigenvalue weighted by atomic mass is 9.91. The highest BCUT2D eigenvalue weighted by atomic mass is 15.2. The van der Waals surface area contributed by atoms with Crippen molar-refractivity contribution >= 4 is 0 Å². The molecule has 1 heterocycles. The minimum atomic E-state index is 0.767. The summed E-state index contributed by atoms with van der Waals surface area (Å²) < 4.78 is 1.87. The number of nitrogens with two attached hydrogens (primary N) is 1. The third kappa shape index (κ3) is 2.83. The van der Waals surface area contributed by atoms with Crippen LogP contribution in [-0.4, -0.2) is 40.4 Å². The van der Waals surface area contributed by atoms with Gasteiger partial charge in [0.15, 0.2) is 0 Å². The first kappa shape index (κ1) is 11.6. The van der Waals surface area contributed by atoms with E-state index in [-0.39, 0.29) is 0 Å². The Morgan fingerprint density at radius 1 is 1.50 bits per heavy atom. The van der Waals surface area contributed by atoms with Crippen LogP contribution in [0.2, 0.25) is 0 Å². The Morgan fingerprint density at radius 2 is 2.31 bits per heavy atom. The van der Waals surface area contributed by atoms with Crippen LogP contribution in [0.5, 0.6) is 0 Å². The van der Waals surface area contributed by atoms with Crippen molar-refractivity contribution in [2.75, 3.05) is 19.6 Å². The van der Waals surface area contributed by atoms with Gasteiger partial charge in [0, 0.05) is 38.9 Å². The van der Waals surface area contributed by atoms with Gasteiger partial charge in [0.25, 0.3) is 0 Å². The van der Waals surface area contributed by atoms with Crippen molar-refractivity contribution in [1.29, 1.82) is 0 Å². The van der Waals surface area contributed by atoms with Crippen molar-refractivity contribution in [3.8, 4) is 0 Å². The van der Waals surface area contributed by atoms with Crippen LogP contribution in [0.1, 0.15) is 24.8 Å². The van der Waals surface area contributed by atoms with E-state index in [9.17, 15) is 0 Å². The predicted molar refractivity (Wildman–Crippen MR) is 65.2 cm³/mol. The highest BCUT2D eigenvalue weighted by molar-refractivity contribution is 5.04. The average Bonchev–Trinajstić information content (AvgIpc) is 2.58. The van der Waals surface area contributed by atoms with Crippen LogP contribution in [0, 0.1) is 0 Å². The van der Waals surface area contributed by atoms with E-state index in [1.54, 1.807) is 0 Å². The van der Waals surface area contributed by atoms with Crippen molar-refractivity contribution in [3.63, 3.8) is 0 Å². The van der Waals surface area contributed by atoms with Gasteiger partial charge in [-0.1, -0.05) is 6.42 Å². The molecule has 1 aromatic heterocycles. The van der Waals surface area contributed by atoms with Gasteiger partial charge in [-0.2, -0.15) is 5.10 Å². The van der Waals surface area contributed by atoms with E-state index in [2.05, 4.69) is 16.2 Å². The molecule has 0 radical (unpaired) electrons. The van der Waals surface area contributed by atoms with Crippen molar-refractivity contribution < 1.29 is 0 Å². The average molecular weight is 222 g/mol. The maximum Gasteiger partial charge on any atom is 0.0522 e. The van der Waals surface area contributed by atoms with Crippen LogP contribution in [0.15, 0.2) is 12.4 Å². The van der Waals surface area contributed by atoms with Gasteiger partial charge in [-0.3, -0.25) is 9.58 Å². The molecule has 0 saturated heterocycles. The standard InChI is InChI=1S/C12H22N4/c1-15-10-11(9-14-15)5-7-16(8-6-13)12-3-2-4-12/h9-10,12H,2-8,13H2,1H3. The molecule has 1 aliphatic rings. The Balaban J connectivity index is 1.81. The van der Waals surface area contributed by atoms with Crippen LogP contribution >= 0.6 is 0 Å². The van der Waals surface area contributed by atoms with Gasteiger partial charge in [-0.05, 0) is 24.8 Å². The first-order valence-electron chi connectivity index (χ1n) is 6.21. The Kier molecular flexibility index (Phi) is 3.96.